The van der Waals surface area contributed by atoms with E-state index in [4.69, 9.17) is 0 Å². The van der Waals surface area contributed by atoms with E-state index in [0.717, 1.165) is 11.8 Å². The predicted molar refractivity (Wildman–Crippen MR) is 28.1 cm³/mol. The predicted octanol–water partition coefficient (Wildman–Crippen LogP) is 1.81. The van der Waals surface area contributed by atoms with E-state index >= 15 is 0 Å². The van der Waals surface area contributed by atoms with Crippen LogP contribution in [0.2, 0.25) is 0 Å². The van der Waals surface area contributed by atoms with Crippen LogP contribution in [-0.2, 0) is 0 Å². The van der Waals surface area contributed by atoms with Gasteiger partial charge in [-0.05, 0) is 12.8 Å². The highest BCUT2D eigenvalue weighted by atomic mass is 79.9. The van der Waals surface area contributed by atoms with E-state index in [-0.39, 0.29) is 0 Å². The van der Waals surface area contributed by atoms with Crippen LogP contribution >= 0.6 is 15.9 Å². The average molecular weight is 135 g/mol. The van der Waals surface area contributed by atoms with Crippen LogP contribution < -0.4 is 0 Å². The number of halogens is 1. The van der Waals surface area contributed by atoms with Gasteiger partial charge in [0, 0.05) is 5.33 Å². The molecule has 0 saturated heterocycles. The van der Waals surface area contributed by atoms with Gasteiger partial charge in [-0.1, -0.05) is 22.9 Å². The Kier molecular flexibility index (Phi) is 4.91. The number of hydrogen-bond donors (Lipinski definition) is 0. The summed E-state index contributed by atoms with van der Waals surface area (Å²) in [5.74, 6) is 0. The molecule has 0 aliphatic rings. The topological polar surface area (TPSA) is 0 Å². The highest BCUT2D eigenvalue weighted by molar-refractivity contribution is 9.09. The molecule has 0 amide bonds. The Bertz CT molecular complexity index is 11.1. The fourth-order valence-electron chi connectivity index (χ4n) is 0.0772. The van der Waals surface area contributed by atoms with Crippen molar-refractivity contribution in [2.75, 3.05) is 5.33 Å². The first-order chi connectivity index (χ1) is 2.41. The molecular formula is C4H7Br. The van der Waals surface area contributed by atoms with E-state index in [1.807, 2.05) is 0 Å². The van der Waals surface area contributed by atoms with Crippen LogP contribution in [-0.4, -0.2) is 5.33 Å². The van der Waals surface area contributed by atoms with Gasteiger partial charge in [0.25, 0.3) is 0 Å². The first kappa shape index (κ1) is 5.48. The highest BCUT2D eigenvalue weighted by Crippen LogP contribution is 1.87. The van der Waals surface area contributed by atoms with Crippen molar-refractivity contribution in [1.82, 2.24) is 0 Å². The Morgan fingerprint density at radius 1 is 1.80 bits per heavy atom. The van der Waals surface area contributed by atoms with E-state index < -0.39 is 0 Å². The second-order valence-corrected chi connectivity index (χ2v) is 1.38. The lowest BCUT2D eigenvalue weighted by atomic mass is 10.4. The second-order valence-electron chi connectivity index (χ2n) is 0.732. The maximum atomic E-state index is 3.59. The van der Waals surface area contributed by atoms with Crippen molar-refractivity contribution in [1.29, 1.82) is 0 Å². The lowest BCUT2D eigenvalue weighted by Gasteiger charge is -1.76. The largest absolute Gasteiger partial charge is 0.0925 e. The molecule has 0 aromatic carbocycles. The molecule has 2 radical (unpaired) electrons. The van der Waals surface area contributed by atoms with Crippen LogP contribution in [0.3, 0.4) is 0 Å². The molecule has 0 spiro atoms. The maximum absolute atomic E-state index is 3.59. The van der Waals surface area contributed by atoms with E-state index in [1.165, 1.54) is 0 Å². The van der Waals surface area contributed by atoms with Gasteiger partial charge in [-0.25, -0.2) is 0 Å². The van der Waals surface area contributed by atoms with E-state index in [0.29, 0.717) is 0 Å². The molecule has 0 rings (SSSR count). The molecule has 0 aromatic rings. The molecule has 0 N–H and O–H groups in total. The Morgan fingerprint density at radius 3 is 2.40 bits per heavy atom. The number of hydrogen-bond acceptors (Lipinski definition) is 0. The zero-order valence-corrected chi connectivity index (χ0v) is 4.66. The summed E-state index contributed by atoms with van der Waals surface area (Å²) in [5, 5.41) is 0.969. The van der Waals surface area contributed by atoms with E-state index in [9.17, 15) is 0 Å². The first-order valence-corrected chi connectivity index (χ1v) is 2.71. The van der Waals surface area contributed by atoms with Crippen LogP contribution in [0.15, 0.2) is 0 Å². The van der Waals surface area contributed by atoms with Gasteiger partial charge in [-0.3, -0.25) is 0 Å². The van der Waals surface area contributed by atoms with Crippen molar-refractivity contribution in [3.8, 4) is 0 Å². The summed E-state index contributed by atoms with van der Waals surface area (Å²) in [6, 6.07) is 0. The van der Waals surface area contributed by atoms with Crippen molar-refractivity contribution >= 4 is 15.9 Å². The summed E-state index contributed by atoms with van der Waals surface area (Å²) in [4.78, 5) is 0. The van der Waals surface area contributed by atoms with Gasteiger partial charge < -0.3 is 0 Å². The van der Waals surface area contributed by atoms with Gasteiger partial charge >= 0.3 is 0 Å². The van der Waals surface area contributed by atoms with Crippen molar-refractivity contribution in [3.05, 3.63) is 13.3 Å². The molecule has 0 fully saturated rings. The second kappa shape index (κ2) is 4.48. The Morgan fingerprint density at radius 2 is 2.40 bits per heavy atom. The first-order valence-electron chi connectivity index (χ1n) is 1.58. The molecule has 5 heavy (non-hydrogen) atoms. The number of alkyl halides is 1. The van der Waals surface area contributed by atoms with E-state index in [2.05, 4.69) is 29.3 Å². The molecule has 0 aliphatic carbocycles. The van der Waals surface area contributed by atoms with Crippen molar-refractivity contribution in [2.45, 2.75) is 6.42 Å². The minimum atomic E-state index is 0.922. The maximum Gasteiger partial charge on any atom is 0.00626 e. The van der Waals surface area contributed by atoms with Gasteiger partial charge in [-0.15, -0.1) is 0 Å². The molecule has 0 heterocycles. The third-order valence-electron chi connectivity index (χ3n) is 0.313. The summed E-state index contributed by atoms with van der Waals surface area (Å²) in [6.07, 6.45) is 2.98. The summed E-state index contributed by atoms with van der Waals surface area (Å²) in [5.41, 5.74) is 0. The summed E-state index contributed by atoms with van der Waals surface area (Å²) in [7, 11) is 0. The zero-order valence-electron chi connectivity index (χ0n) is 3.08. The minimum absolute atomic E-state index is 0.922. The molecule has 0 unspecified atom stereocenters. The van der Waals surface area contributed by atoms with Gasteiger partial charge in [0.1, 0.15) is 0 Å². The van der Waals surface area contributed by atoms with Crippen LogP contribution in [0.1, 0.15) is 6.42 Å². The quantitative estimate of drug-likeness (QED) is 0.506. The van der Waals surface area contributed by atoms with Crippen molar-refractivity contribution in [3.63, 3.8) is 0 Å². The summed E-state index contributed by atoms with van der Waals surface area (Å²) < 4.78 is 0. The Labute approximate surface area is 41.7 Å². The molecule has 0 saturated carbocycles. The highest BCUT2D eigenvalue weighted by Gasteiger charge is 1.70. The summed E-state index contributed by atoms with van der Waals surface area (Å²) in [6.45, 7) is 3.59. The molecule has 0 aromatic heterocycles. The van der Waals surface area contributed by atoms with Crippen LogP contribution in [0.25, 0.3) is 0 Å². The standard InChI is InChI=1S/C4H7Br/c1-2-3-4-5/h3H,1-2,4H2. The van der Waals surface area contributed by atoms with Gasteiger partial charge in [-0.2, -0.15) is 0 Å². The fraction of sp³-hybridized carbons (Fsp3) is 0.500. The van der Waals surface area contributed by atoms with E-state index in [1.54, 1.807) is 0 Å². The third-order valence-corrected chi connectivity index (χ3v) is 0.771. The van der Waals surface area contributed by atoms with Gasteiger partial charge in [0.2, 0.25) is 0 Å². The minimum Gasteiger partial charge on any atom is -0.0925 e. The van der Waals surface area contributed by atoms with Crippen molar-refractivity contribution < 1.29 is 0 Å². The normalized spacial score (nSPS) is 8.40. The SMILES string of the molecule is [CH2]C[CH]CBr. The van der Waals surface area contributed by atoms with Gasteiger partial charge in [0.15, 0.2) is 0 Å². The Balaban J connectivity index is 2.19. The van der Waals surface area contributed by atoms with Crippen LogP contribution in [0.5, 0.6) is 0 Å². The smallest absolute Gasteiger partial charge is 0.00626 e. The summed E-state index contributed by atoms with van der Waals surface area (Å²) >= 11 is 3.21. The van der Waals surface area contributed by atoms with Crippen LogP contribution in [0, 0.1) is 13.3 Å². The molecule has 0 aliphatic heterocycles. The number of rotatable bonds is 2. The Hall–Kier alpha value is 0.480. The molecule has 1 heteroatoms. The molecule has 0 nitrogen and oxygen atoms in total. The lowest BCUT2D eigenvalue weighted by Crippen LogP contribution is -1.67. The molecule has 30 valence electrons. The monoisotopic (exact) mass is 134 g/mol. The molecule has 0 bridgehead atoms. The number of unbranched alkanes of at least 4 members (excludes halogenated alkanes) is 1. The fourth-order valence-corrected chi connectivity index (χ4v) is 0.401. The molecule has 0 atom stereocenters. The van der Waals surface area contributed by atoms with Crippen molar-refractivity contribution in [2.24, 2.45) is 0 Å². The average Bonchev–Trinajstić information content (AvgIpc) is 1.41. The zero-order chi connectivity index (χ0) is 4.12. The lowest BCUT2D eigenvalue weighted by molar-refractivity contribution is 1.23. The third kappa shape index (κ3) is 4.48. The van der Waals surface area contributed by atoms with Crippen LogP contribution in [0.4, 0.5) is 0 Å². The van der Waals surface area contributed by atoms with Gasteiger partial charge in [0.05, 0.1) is 0 Å². The molecular weight excluding hydrogens is 128 g/mol.